The van der Waals surface area contributed by atoms with Gasteiger partial charge in [-0.15, -0.1) is 11.3 Å². The summed E-state index contributed by atoms with van der Waals surface area (Å²) in [6.45, 7) is 7.97. The van der Waals surface area contributed by atoms with E-state index < -0.39 is 5.97 Å². The molecular formula is C27H28N2O5S. The van der Waals surface area contributed by atoms with Crippen molar-refractivity contribution in [1.29, 1.82) is 0 Å². The summed E-state index contributed by atoms with van der Waals surface area (Å²) >= 11 is 1.20. The molecule has 0 aliphatic carbocycles. The Hall–Kier alpha value is -3.78. The number of allylic oxidation sites excluding steroid dienone is 1. The molecule has 7 nitrogen and oxygen atoms in total. The molecular weight excluding hydrogens is 464 g/mol. The molecule has 1 aromatic heterocycles. The first kappa shape index (κ1) is 25.8. The van der Waals surface area contributed by atoms with E-state index in [1.165, 1.54) is 23.6 Å². The molecule has 182 valence electrons. The maximum Gasteiger partial charge on any atom is 0.357 e. The molecule has 0 aliphatic rings. The molecule has 0 saturated heterocycles. The highest BCUT2D eigenvalue weighted by Gasteiger charge is 2.21. The van der Waals surface area contributed by atoms with Crippen LogP contribution >= 0.6 is 11.3 Å². The number of esters is 1. The van der Waals surface area contributed by atoms with Crippen LogP contribution in [0.1, 0.15) is 65.2 Å². The summed E-state index contributed by atoms with van der Waals surface area (Å²) in [7, 11) is 1.57. The maximum atomic E-state index is 12.6. The van der Waals surface area contributed by atoms with Crippen LogP contribution in [0.3, 0.4) is 0 Å². The number of carbonyl (C=O) groups excluding carboxylic acids is 2. The van der Waals surface area contributed by atoms with Crippen molar-refractivity contribution in [1.82, 2.24) is 4.98 Å². The number of hydrogen-bond donors (Lipinski definition) is 1. The van der Waals surface area contributed by atoms with E-state index in [1.807, 2.05) is 26.8 Å². The number of aromatic nitrogens is 1. The Labute approximate surface area is 208 Å². The van der Waals surface area contributed by atoms with Crippen molar-refractivity contribution in [3.05, 3.63) is 75.8 Å². The van der Waals surface area contributed by atoms with E-state index >= 15 is 0 Å². The summed E-state index contributed by atoms with van der Waals surface area (Å²) in [5.74, 6) is 0.124. The lowest BCUT2D eigenvalue weighted by molar-refractivity contribution is 0.0520. The fourth-order valence-corrected chi connectivity index (χ4v) is 3.85. The van der Waals surface area contributed by atoms with E-state index in [1.54, 1.807) is 55.8 Å². The normalized spacial score (nSPS) is 11.8. The fourth-order valence-electron chi connectivity index (χ4n) is 3.22. The van der Waals surface area contributed by atoms with Gasteiger partial charge in [0.15, 0.2) is 11.5 Å². The highest BCUT2D eigenvalue weighted by molar-refractivity contribution is 7.13. The highest BCUT2D eigenvalue weighted by atomic mass is 32.1. The monoisotopic (exact) mass is 492 g/mol. The molecule has 1 heterocycles. The van der Waals surface area contributed by atoms with Crippen LogP contribution in [0.2, 0.25) is 0 Å². The molecule has 0 saturated carbocycles. The van der Waals surface area contributed by atoms with Crippen molar-refractivity contribution >= 4 is 40.5 Å². The fraction of sp³-hybridized carbons (Fsp3) is 0.259. The number of ketones is 1. The van der Waals surface area contributed by atoms with Crippen LogP contribution in [0.25, 0.3) is 6.08 Å². The quantitative estimate of drug-likeness (QED) is 0.180. The van der Waals surface area contributed by atoms with Gasteiger partial charge in [-0.1, -0.05) is 26.8 Å². The van der Waals surface area contributed by atoms with Crippen LogP contribution in [0.4, 0.5) is 5.13 Å². The third-order valence-electron chi connectivity index (χ3n) is 5.06. The van der Waals surface area contributed by atoms with Gasteiger partial charge in [-0.3, -0.25) is 4.79 Å². The molecule has 0 fully saturated rings. The zero-order chi connectivity index (χ0) is 25.6. The van der Waals surface area contributed by atoms with Crippen molar-refractivity contribution in [3.8, 4) is 11.5 Å². The van der Waals surface area contributed by atoms with Crippen molar-refractivity contribution in [2.75, 3.05) is 13.7 Å². The molecule has 0 spiro atoms. The number of benzene rings is 2. The Morgan fingerprint density at radius 1 is 1.17 bits per heavy atom. The summed E-state index contributed by atoms with van der Waals surface area (Å²) in [5, 5.41) is 12.8. The smallest absolute Gasteiger partial charge is 0.357 e. The number of aromatic hydroxyl groups is 1. The second-order valence-electron chi connectivity index (χ2n) is 8.68. The zero-order valence-electron chi connectivity index (χ0n) is 20.4. The number of nitrogens with zero attached hydrogens (tertiary/aromatic N) is 2. The summed E-state index contributed by atoms with van der Waals surface area (Å²) in [6, 6.07) is 10.5. The number of phenols is 1. The van der Waals surface area contributed by atoms with Crippen molar-refractivity contribution in [2.45, 2.75) is 33.1 Å². The number of aliphatic imine (C=N–C) groups is 1. The van der Waals surface area contributed by atoms with Gasteiger partial charge >= 0.3 is 5.97 Å². The average Bonchev–Trinajstić information content (AvgIpc) is 3.31. The molecule has 1 N–H and O–H groups in total. The molecule has 0 atom stereocenters. The lowest BCUT2D eigenvalue weighted by Gasteiger charge is -2.22. The first-order chi connectivity index (χ1) is 16.6. The maximum absolute atomic E-state index is 12.6. The third-order valence-corrected chi connectivity index (χ3v) is 5.81. The van der Waals surface area contributed by atoms with E-state index in [0.29, 0.717) is 27.6 Å². The Morgan fingerprint density at radius 2 is 1.89 bits per heavy atom. The Morgan fingerprint density at radius 3 is 2.51 bits per heavy atom. The van der Waals surface area contributed by atoms with Crippen LogP contribution in [0.15, 0.2) is 52.8 Å². The van der Waals surface area contributed by atoms with Gasteiger partial charge < -0.3 is 14.6 Å². The van der Waals surface area contributed by atoms with Crippen molar-refractivity contribution < 1.29 is 24.2 Å². The molecule has 0 radical (unpaired) electrons. The lowest BCUT2D eigenvalue weighted by Crippen LogP contribution is -2.12. The number of hydrogen-bond acceptors (Lipinski definition) is 8. The molecule has 3 rings (SSSR count). The zero-order valence-corrected chi connectivity index (χ0v) is 21.2. The minimum absolute atomic E-state index is 0.0991. The largest absolute Gasteiger partial charge is 0.507 e. The second kappa shape index (κ2) is 11.1. The third kappa shape index (κ3) is 6.64. The molecule has 0 unspecified atom stereocenters. The number of ether oxygens (including phenoxy) is 2. The molecule has 0 amide bonds. The first-order valence-electron chi connectivity index (χ1n) is 11.0. The molecule has 3 aromatic rings. The van der Waals surface area contributed by atoms with Gasteiger partial charge in [0.25, 0.3) is 0 Å². The molecule has 8 heteroatoms. The van der Waals surface area contributed by atoms with E-state index in [0.717, 1.165) is 5.56 Å². The molecule has 0 bridgehead atoms. The minimum atomic E-state index is -0.503. The van der Waals surface area contributed by atoms with Gasteiger partial charge in [0.1, 0.15) is 11.5 Å². The summed E-state index contributed by atoms with van der Waals surface area (Å²) in [4.78, 5) is 33.0. The van der Waals surface area contributed by atoms with Gasteiger partial charge in [-0.05, 0) is 60.4 Å². The van der Waals surface area contributed by atoms with Gasteiger partial charge in [-0.25, -0.2) is 14.8 Å². The summed E-state index contributed by atoms with van der Waals surface area (Å²) in [5.41, 5.74) is 2.31. The Bertz CT molecular complexity index is 1270. The molecule has 2 aromatic carbocycles. The van der Waals surface area contributed by atoms with Crippen LogP contribution in [-0.2, 0) is 10.2 Å². The molecule has 35 heavy (non-hydrogen) atoms. The van der Waals surface area contributed by atoms with Crippen LogP contribution in [-0.4, -0.2) is 41.8 Å². The molecule has 0 aliphatic heterocycles. The number of phenolic OH excluding ortho intramolecular Hbond substituents is 1. The van der Waals surface area contributed by atoms with E-state index in [4.69, 9.17) is 9.47 Å². The standard InChI is InChI=1S/C27H28N2O5S/c1-6-34-25(32)22-16-35-26(29-22)28-15-19-13-17(14-21(24(19)31)27(2,3)4)7-12-23(30)18-8-10-20(33-5)11-9-18/h7-16,31H,6H2,1-5H3/b12-7+,28-15?. The number of rotatable bonds is 8. The van der Waals surface area contributed by atoms with Gasteiger partial charge in [0.05, 0.1) is 13.7 Å². The number of thiazole rings is 1. The van der Waals surface area contributed by atoms with E-state index in [9.17, 15) is 14.7 Å². The summed E-state index contributed by atoms with van der Waals surface area (Å²) in [6.07, 6.45) is 4.70. The van der Waals surface area contributed by atoms with Crippen molar-refractivity contribution in [2.24, 2.45) is 4.99 Å². The topological polar surface area (TPSA) is 98.1 Å². The first-order valence-corrected chi connectivity index (χ1v) is 11.9. The number of methoxy groups -OCH3 is 1. The van der Waals surface area contributed by atoms with Gasteiger partial charge in [-0.2, -0.15) is 0 Å². The van der Waals surface area contributed by atoms with E-state index in [-0.39, 0.29) is 29.2 Å². The highest BCUT2D eigenvalue weighted by Crippen LogP contribution is 2.34. The average molecular weight is 493 g/mol. The Kier molecular flexibility index (Phi) is 8.19. The van der Waals surface area contributed by atoms with Crippen LogP contribution in [0.5, 0.6) is 11.5 Å². The Balaban J connectivity index is 1.90. The number of carbonyl (C=O) groups is 2. The predicted octanol–water partition coefficient (Wildman–Crippen LogP) is 5.98. The summed E-state index contributed by atoms with van der Waals surface area (Å²) < 4.78 is 10.1. The lowest BCUT2D eigenvalue weighted by atomic mass is 9.84. The predicted molar refractivity (Wildman–Crippen MR) is 138 cm³/mol. The SMILES string of the molecule is CCOC(=O)c1csc(N=Cc2cc(/C=C/C(=O)c3ccc(OC)cc3)cc(C(C)(C)C)c2O)n1. The van der Waals surface area contributed by atoms with Gasteiger partial charge in [0.2, 0.25) is 5.13 Å². The minimum Gasteiger partial charge on any atom is -0.507 e. The van der Waals surface area contributed by atoms with Crippen LogP contribution in [0, 0.1) is 0 Å². The van der Waals surface area contributed by atoms with Crippen molar-refractivity contribution in [3.63, 3.8) is 0 Å². The van der Waals surface area contributed by atoms with Gasteiger partial charge in [0, 0.05) is 28.3 Å². The van der Waals surface area contributed by atoms with E-state index in [2.05, 4.69) is 9.98 Å². The van der Waals surface area contributed by atoms with Crippen LogP contribution < -0.4 is 4.74 Å². The second-order valence-corrected chi connectivity index (χ2v) is 9.51.